The molecule has 3 N–H and O–H groups in total. The zero-order valence-corrected chi connectivity index (χ0v) is 18.0. The van der Waals surface area contributed by atoms with Crippen LogP contribution in [-0.4, -0.2) is 77.9 Å². The van der Waals surface area contributed by atoms with Gasteiger partial charge in [-0.25, -0.2) is 9.59 Å². The molecule has 0 aliphatic carbocycles. The molecule has 166 valence electrons. The highest BCUT2D eigenvalue weighted by molar-refractivity contribution is 5.91. The fourth-order valence-electron chi connectivity index (χ4n) is 2.96. The number of nitrogens with one attached hydrogen (secondary N) is 2. The average molecular weight is 415 g/mol. The molecule has 29 heavy (non-hydrogen) atoms. The van der Waals surface area contributed by atoms with Crippen LogP contribution in [0, 0.1) is 5.92 Å². The average Bonchev–Trinajstić information content (AvgIpc) is 3.03. The number of ether oxygens (including phenoxy) is 2. The molecule has 10 heteroatoms. The van der Waals surface area contributed by atoms with Gasteiger partial charge in [-0.05, 0) is 26.7 Å². The van der Waals surface area contributed by atoms with Crippen LogP contribution in [0.4, 0.5) is 4.79 Å². The second kappa shape index (κ2) is 10.4. The molecule has 1 aliphatic heterocycles. The Kier molecular flexibility index (Phi) is 8.87. The number of likely N-dealkylation sites (tertiary alicyclic amines) is 1. The van der Waals surface area contributed by atoms with Crippen molar-refractivity contribution in [2.24, 2.45) is 5.92 Å². The van der Waals surface area contributed by atoms with Crippen molar-refractivity contribution < 1.29 is 33.8 Å². The summed E-state index contributed by atoms with van der Waals surface area (Å²) in [4.78, 5) is 50.1. The van der Waals surface area contributed by atoms with Crippen LogP contribution in [0.3, 0.4) is 0 Å². The lowest BCUT2D eigenvalue weighted by Gasteiger charge is -2.27. The molecular formula is C19H33N3O7. The number of carbonyl (C=O) groups is 4. The Balaban J connectivity index is 2.73. The Morgan fingerprint density at radius 1 is 1.24 bits per heavy atom. The number of β-amino-alcohol motifs (C(OH)–C–C–N with tert-alkyl or cyclic N) is 1. The third-order valence-corrected chi connectivity index (χ3v) is 4.65. The normalized spacial score (nSPS) is 21.1. The number of methoxy groups -OCH3 is 1. The lowest BCUT2D eigenvalue weighted by Crippen LogP contribution is -2.53. The van der Waals surface area contributed by atoms with Crippen LogP contribution >= 0.6 is 0 Å². The summed E-state index contributed by atoms with van der Waals surface area (Å²) in [5.74, 6) is -1.88. The van der Waals surface area contributed by atoms with E-state index in [4.69, 9.17) is 4.74 Å². The van der Waals surface area contributed by atoms with Gasteiger partial charge >= 0.3 is 12.1 Å². The van der Waals surface area contributed by atoms with E-state index in [9.17, 15) is 24.3 Å². The molecule has 1 rings (SSSR count). The summed E-state index contributed by atoms with van der Waals surface area (Å²) in [7, 11) is 1.20. The Morgan fingerprint density at radius 2 is 1.86 bits per heavy atom. The first-order chi connectivity index (χ1) is 13.4. The van der Waals surface area contributed by atoms with Gasteiger partial charge in [0.25, 0.3) is 0 Å². The maximum Gasteiger partial charge on any atom is 0.408 e. The number of hydrogen-bond acceptors (Lipinski definition) is 7. The van der Waals surface area contributed by atoms with Crippen LogP contribution in [0.1, 0.15) is 47.5 Å². The molecule has 1 saturated heterocycles. The third-order valence-electron chi connectivity index (χ3n) is 4.65. The smallest absolute Gasteiger partial charge is 0.408 e. The summed E-state index contributed by atoms with van der Waals surface area (Å²) in [5.41, 5.74) is -0.712. The molecule has 1 aliphatic rings. The lowest BCUT2D eigenvalue weighted by atomic mass is 9.98. The van der Waals surface area contributed by atoms with Crippen molar-refractivity contribution >= 4 is 23.9 Å². The summed E-state index contributed by atoms with van der Waals surface area (Å²) in [6.45, 7) is 8.43. The van der Waals surface area contributed by atoms with E-state index in [1.807, 2.05) is 6.92 Å². The first-order valence-corrected chi connectivity index (χ1v) is 9.72. The van der Waals surface area contributed by atoms with Crippen LogP contribution in [0.2, 0.25) is 0 Å². The number of nitrogens with zero attached hydrogens (tertiary/aromatic N) is 1. The highest BCUT2D eigenvalue weighted by atomic mass is 16.6. The molecule has 0 spiro atoms. The van der Waals surface area contributed by atoms with Crippen molar-refractivity contribution in [1.29, 1.82) is 0 Å². The van der Waals surface area contributed by atoms with Crippen molar-refractivity contribution in [3.63, 3.8) is 0 Å². The SMILES string of the molecule is CC[C@H](C)[C@H](NC(=O)OC(C)(C)C)C(=O)NCC(=O)N1C[C@@H](O)C[C@H]1C(=O)OC. The predicted octanol–water partition coefficient (Wildman–Crippen LogP) is 0.177. The number of aliphatic hydroxyl groups is 1. The molecule has 1 fully saturated rings. The second-order valence-electron chi connectivity index (χ2n) is 8.20. The third kappa shape index (κ3) is 7.52. The molecule has 3 amide bonds. The van der Waals surface area contributed by atoms with Crippen LogP contribution in [0.25, 0.3) is 0 Å². The molecule has 10 nitrogen and oxygen atoms in total. The van der Waals surface area contributed by atoms with E-state index >= 15 is 0 Å². The summed E-state index contributed by atoms with van der Waals surface area (Å²) in [6, 6.07) is -1.77. The summed E-state index contributed by atoms with van der Waals surface area (Å²) in [6.07, 6.45) is -0.856. The second-order valence-corrected chi connectivity index (χ2v) is 8.20. The fourth-order valence-corrected chi connectivity index (χ4v) is 2.96. The van der Waals surface area contributed by atoms with E-state index in [0.29, 0.717) is 6.42 Å². The van der Waals surface area contributed by atoms with E-state index < -0.39 is 47.7 Å². The number of carbonyl (C=O) groups excluding carboxylic acids is 4. The molecule has 4 atom stereocenters. The van der Waals surface area contributed by atoms with Crippen molar-refractivity contribution in [3.05, 3.63) is 0 Å². The molecule has 0 unspecified atom stereocenters. The highest BCUT2D eigenvalue weighted by Gasteiger charge is 2.39. The quantitative estimate of drug-likeness (QED) is 0.505. The van der Waals surface area contributed by atoms with E-state index in [2.05, 4.69) is 15.4 Å². The Bertz CT molecular complexity index is 617. The number of aliphatic hydroxyl groups excluding tert-OH is 1. The van der Waals surface area contributed by atoms with Crippen LogP contribution in [0.5, 0.6) is 0 Å². The van der Waals surface area contributed by atoms with Gasteiger partial charge in [0, 0.05) is 13.0 Å². The largest absolute Gasteiger partial charge is 0.467 e. The number of hydrogen-bond donors (Lipinski definition) is 3. The molecule has 0 aromatic carbocycles. The fraction of sp³-hybridized carbons (Fsp3) is 0.789. The summed E-state index contributed by atoms with van der Waals surface area (Å²) in [5, 5.41) is 14.8. The first kappa shape index (κ1) is 24.7. The molecule has 1 heterocycles. The van der Waals surface area contributed by atoms with Gasteiger partial charge in [-0.3, -0.25) is 9.59 Å². The van der Waals surface area contributed by atoms with Gasteiger partial charge in [-0.1, -0.05) is 20.3 Å². The number of esters is 1. The van der Waals surface area contributed by atoms with Gasteiger partial charge in [-0.15, -0.1) is 0 Å². The van der Waals surface area contributed by atoms with Gasteiger partial charge in [0.15, 0.2) is 0 Å². The van der Waals surface area contributed by atoms with E-state index in [1.54, 1.807) is 27.7 Å². The first-order valence-electron chi connectivity index (χ1n) is 9.72. The van der Waals surface area contributed by atoms with Crippen molar-refractivity contribution in [3.8, 4) is 0 Å². The molecule has 0 saturated carbocycles. The van der Waals surface area contributed by atoms with Crippen molar-refractivity contribution in [1.82, 2.24) is 15.5 Å². The molecule has 0 bridgehead atoms. The molecular weight excluding hydrogens is 382 g/mol. The van der Waals surface area contributed by atoms with Crippen LogP contribution in [0.15, 0.2) is 0 Å². The minimum atomic E-state index is -0.886. The topological polar surface area (TPSA) is 134 Å². The predicted molar refractivity (Wildman–Crippen MR) is 104 cm³/mol. The monoisotopic (exact) mass is 415 g/mol. The van der Waals surface area contributed by atoms with Crippen molar-refractivity contribution in [2.45, 2.75) is 71.2 Å². The van der Waals surface area contributed by atoms with E-state index in [0.717, 1.165) is 0 Å². The van der Waals surface area contributed by atoms with Gasteiger partial charge in [0.05, 0.1) is 19.8 Å². The van der Waals surface area contributed by atoms with Gasteiger partial charge in [-0.2, -0.15) is 0 Å². The Labute approximate surface area is 171 Å². The molecule has 0 aromatic rings. The van der Waals surface area contributed by atoms with Gasteiger partial charge in [0.2, 0.25) is 11.8 Å². The number of alkyl carbamates (subject to hydrolysis) is 1. The van der Waals surface area contributed by atoms with Gasteiger partial charge in [0.1, 0.15) is 17.7 Å². The summed E-state index contributed by atoms with van der Waals surface area (Å²) >= 11 is 0. The van der Waals surface area contributed by atoms with Gasteiger partial charge < -0.3 is 30.1 Å². The van der Waals surface area contributed by atoms with E-state index in [-0.39, 0.29) is 25.4 Å². The van der Waals surface area contributed by atoms with Crippen LogP contribution in [-0.2, 0) is 23.9 Å². The molecule has 0 aromatic heterocycles. The highest BCUT2D eigenvalue weighted by Crippen LogP contribution is 2.19. The van der Waals surface area contributed by atoms with Crippen molar-refractivity contribution in [2.75, 3.05) is 20.2 Å². The minimum Gasteiger partial charge on any atom is -0.467 e. The zero-order valence-electron chi connectivity index (χ0n) is 18.0. The minimum absolute atomic E-state index is 0.0145. The molecule has 0 radical (unpaired) electrons. The Morgan fingerprint density at radius 3 is 2.38 bits per heavy atom. The maximum atomic E-state index is 12.6. The van der Waals surface area contributed by atoms with Crippen LogP contribution < -0.4 is 10.6 Å². The standard InChI is InChI=1S/C19H33N3O7/c1-7-11(2)15(21-18(27)29-19(3,4)5)16(25)20-9-14(24)22-10-12(23)8-13(22)17(26)28-6/h11-13,15,23H,7-10H2,1-6H3,(H,20,25)(H,21,27)/t11-,12-,13-,15-/m0/s1. The van der Waals surface area contributed by atoms with E-state index in [1.165, 1.54) is 12.0 Å². The Hall–Kier alpha value is -2.36. The maximum absolute atomic E-state index is 12.6. The summed E-state index contributed by atoms with van der Waals surface area (Å²) < 4.78 is 9.86. The number of amides is 3. The lowest BCUT2D eigenvalue weighted by molar-refractivity contribution is -0.150. The number of rotatable bonds is 7. The zero-order chi connectivity index (χ0) is 22.4.